The van der Waals surface area contributed by atoms with Gasteiger partial charge in [0, 0.05) is 13.1 Å². The van der Waals surface area contributed by atoms with Crippen LogP contribution in [0.3, 0.4) is 0 Å². The maximum atomic E-state index is 13.8. The van der Waals surface area contributed by atoms with Crippen molar-refractivity contribution >= 4 is 17.7 Å². The van der Waals surface area contributed by atoms with Crippen LogP contribution in [0.2, 0.25) is 0 Å². The predicted octanol–water partition coefficient (Wildman–Crippen LogP) is 1.60. The highest BCUT2D eigenvalue weighted by Gasteiger charge is 2.80. The molecule has 3 aliphatic rings. The molecule has 0 radical (unpaired) electrons. The van der Waals surface area contributed by atoms with Crippen molar-refractivity contribution in [3.8, 4) is 0 Å². The van der Waals surface area contributed by atoms with Crippen LogP contribution in [0.25, 0.3) is 0 Å². The molecule has 3 N–H and O–H groups in total. The summed E-state index contributed by atoms with van der Waals surface area (Å²) in [6, 6.07) is -1.33. The third kappa shape index (κ3) is 3.73. The lowest BCUT2D eigenvalue weighted by atomic mass is 9.62. The maximum absolute atomic E-state index is 13.8. The van der Waals surface area contributed by atoms with E-state index in [0.717, 1.165) is 25.7 Å². The molecular weight excluding hydrogens is 410 g/mol. The minimum absolute atomic E-state index is 0.0217. The second kappa shape index (κ2) is 9.67. The van der Waals surface area contributed by atoms with E-state index in [9.17, 15) is 19.5 Å². The number of carbonyl (C=O) groups is 3. The Morgan fingerprint density at radius 2 is 1.84 bits per heavy atom. The number of fused-ring (bicyclic) bond motifs is 1. The van der Waals surface area contributed by atoms with Crippen molar-refractivity contribution in [3.63, 3.8) is 0 Å². The molecule has 0 aromatic carbocycles. The van der Waals surface area contributed by atoms with Gasteiger partial charge in [0.1, 0.15) is 11.6 Å². The minimum atomic E-state index is -1.04. The average Bonchev–Trinajstić information content (AvgIpc) is 3.28. The average molecular weight is 452 g/mol. The van der Waals surface area contributed by atoms with Gasteiger partial charge in [-0.05, 0) is 38.5 Å². The molecular formula is C24H41N3O5. The molecule has 3 unspecified atom stereocenters. The topological polar surface area (TPSA) is 108 Å². The molecule has 3 saturated heterocycles. The summed E-state index contributed by atoms with van der Waals surface area (Å²) in [5, 5.41) is 16.0. The molecule has 32 heavy (non-hydrogen) atoms. The summed E-state index contributed by atoms with van der Waals surface area (Å²) < 4.78 is 6.63. The summed E-state index contributed by atoms with van der Waals surface area (Å²) in [6.45, 7) is 10.8. The van der Waals surface area contributed by atoms with Crippen LogP contribution in [0.5, 0.6) is 0 Å². The monoisotopic (exact) mass is 451 g/mol. The van der Waals surface area contributed by atoms with Crippen molar-refractivity contribution in [3.05, 3.63) is 0 Å². The van der Waals surface area contributed by atoms with Crippen LogP contribution in [-0.2, 0) is 19.1 Å². The lowest BCUT2D eigenvalue weighted by Gasteiger charge is -2.36. The Balaban J connectivity index is 2.01. The predicted molar refractivity (Wildman–Crippen MR) is 121 cm³/mol. The van der Waals surface area contributed by atoms with Crippen molar-refractivity contribution < 1.29 is 24.2 Å². The molecule has 3 amide bonds. The number of aliphatic hydroxyl groups is 1. The molecule has 2 bridgehead atoms. The molecule has 7 atom stereocenters. The number of amides is 3. The van der Waals surface area contributed by atoms with E-state index in [2.05, 4.69) is 17.6 Å². The Hall–Kier alpha value is -1.67. The van der Waals surface area contributed by atoms with Gasteiger partial charge in [-0.1, -0.05) is 40.5 Å². The highest BCUT2D eigenvalue weighted by molar-refractivity contribution is 5.99. The molecule has 0 aromatic rings. The van der Waals surface area contributed by atoms with Gasteiger partial charge in [-0.3, -0.25) is 14.4 Å². The molecule has 1 spiro atoms. The van der Waals surface area contributed by atoms with Crippen molar-refractivity contribution in [2.75, 3.05) is 19.7 Å². The summed E-state index contributed by atoms with van der Waals surface area (Å²) in [5.74, 6) is -2.01. The van der Waals surface area contributed by atoms with Crippen LogP contribution in [0, 0.1) is 17.8 Å². The molecule has 8 nitrogen and oxygen atoms in total. The molecule has 3 rings (SSSR count). The first kappa shape index (κ1) is 25.0. The second-order valence-electron chi connectivity index (χ2n) is 9.98. The SMILES string of the molecule is CCCCCNC(=O)C1N([C@@H](CC)CO)C(=O)[C@@H]2[C@@H](C(=O)NCCC)[C@]3(C)OC12CC3C. The van der Waals surface area contributed by atoms with Crippen molar-refractivity contribution in [1.29, 1.82) is 0 Å². The van der Waals surface area contributed by atoms with Gasteiger partial charge in [-0.15, -0.1) is 0 Å². The highest BCUT2D eigenvalue weighted by Crippen LogP contribution is 2.65. The van der Waals surface area contributed by atoms with Crippen LogP contribution in [0.1, 0.15) is 73.1 Å². The number of unbranched alkanes of at least 4 members (excludes halogenated alkanes) is 2. The van der Waals surface area contributed by atoms with E-state index in [-0.39, 0.29) is 30.2 Å². The molecule has 0 aliphatic carbocycles. The van der Waals surface area contributed by atoms with Gasteiger partial charge in [0.25, 0.3) is 0 Å². The van der Waals surface area contributed by atoms with Gasteiger partial charge in [0.15, 0.2) is 0 Å². The summed E-state index contributed by atoms with van der Waals surface area (Å²) in [7, 11) is 0. The summed E-state index contributed by atoms with van der Waals surface area (Å²) in [5.41, 5.74) is -1.84. The number of ether oxygens (including phenoxy) is 1. The number of aliphatic hydroxyl groups excluding tert-OH is 1. The zero-order valence-electron chi connectivity index (χ0n) is 20.3. The van der Waals surface area contributed by atoms with Crippen LogP contribution in [0.15, 0.2) is 0 Å². The number of hydrogen-bond donors (Lipinski definition) is 3. The minimum Gasteiger partial charge on any atom is -0.394 e. The lowest BCUT2D eigenvalue weighted by Crippen LogP contribution is -2.58. The smallest absolute Gasteiger partial charge is 0.245 e. The van der Waals surface area contributed by atoms with Crippen LogP contribution < -0.4 is 10.6 Å². The molecule has 0 aromatic heterocycles. The van der Waals surface area contributed by atoms with E-state index in [0.29, 0.717) is 25.9 Å². The summed E-state index contributed by atoms with van der Waals surface area (Å²) >= 11 is 0. The van der Waals surface area contributed by atoms with Crippen LogP contribution in [0.4, 0.5) is 0 Å². The van der Waals surface area contributed by atoms with Crippen molar-refractivity contribution in [2.24, 2.45) is 17.8 Å². The second-order valence-corrected chi connectivity index (χ2v) is 9.98. The molecule has 3 heterocycles. The first-order valence-electron chi connectivity index (χ1n) is 12.4. The van der Waals surface area contributed by atoms with Gasteiger partial charge in [0.2, 0.25) is 17.7 Å². The number of likely N-dealkylation sites (tertiary alicyclic amines) is 1. The van der Waals surface area contributed by atoms with Gasteiger partial charge in [-0.25, -0.2) is 0 Å². The fraction of sp³-hybridized carbons (Fsp3) is 0.875. The number of nitrogens with zero attached hydrogens (tertiary/aromatic N) is 1. The van der Waals surface area contributed by atoms with E-state index in [4.69, 9.17) is 4.74 Å². The van der Waals surface area contributed by atoms with Crippen LogP contribution in [-0.4, -0.2) is 70.7 Å². The zero-order chi connectivity index (χ0) is 23.7. The maximum Gasteiger partial charge on any atom is 0.245 e. The zero-order valence-corrected chi connectivity index (χ0v) is 20.3. The Kier molecular flexibility index (Phi) is 7.55. The summed E-state index contributed by atoms with van der Waals surface area (Å²) in [4.78, 5) is 42.1. The van der Waals surface area contributed by atoms with Gasteiger partial charge >= 0.3 is 0 Å². The normalized spacial score (nSPS) is 36.3. The Bertz CT molecular complexity index is 726. The van der Waals surface area contributed by atoms with Crippen molar-refractivity contribution in [1.82, 2.24) is 15.5 Å². The Labute approximate surface area is 191 Å². The van der Waals surface area contributed by atoms with E-state index in [1.165, 1.54) is 4.90 Å². The molecule has 8 heteroatoms. The third-order valence-corrected chi connectivity index (χ3v) is 7.99. The highest BCUT2D eigenvalue weighted by atomic mass is 16.5. The lowest BCUT2D eigenvalue weighted by molar-refractivity contribution is -0.151. The van der Waals surface area contributed by atoms with Crippen molar-refractivity contribution in [2.45, 2.75) is 96.4 Å². The van der Waals surface area contributed by atoms with Gasteiger partial charge in [-0.2, -0.15) is 0 Å². The van der Waals surface area contributed by atoms with E-state index in [1.807, 2.05) is 27.7 Å². The largest absolute Gasteiger partial charge is 0.394 e. The van der Waals surface area contributed by atoms with E-state index < -0.39 is 35.1 Å². The molecule has 0 saturated carbocycles. The number of rotatable bonds is 11. The first-order chi connectivity index (χ1) is 15.2. The van der Waals surface area contributed by atoms with E-state index in [1.54, 1.807) is 0 Å². The number of hydrogen-bond acceptors (Lipinski definition) is 5. The number of carbonyl (C=O) groups excluding carboxylic acids is 3. The Morgan fingerprint density at radius 3 is 2.44 bits per heavy atom. The quantitative estimate of drug-likeness (QED) is 0.414. The fourth-order valence-electron chi connectivity index (χ4n) is 6.22. The fourth-order valence-corrected chi connectivity index (χ4v) is 6.22. The molecule has 3 aliphatic heterocycles. The summed E-state index contributed by atoms with van der Waals surface area (Å²) in [6.07, 6.45) is 4.79. The third-order valence-electron chi connectivity index (χ3n) is 7.99. The van der Waals surface area contributed by atoms with Gasteiger partial charge in [0.05, 0.1) is 30.1 Å². The van der Waals surface area contributed by atoms with Gasteiger partial charge < -0.3 is 25.4 Å². The molecule has 182 valence electrons. The van der Waals surface area contributed by atoms with E-state index >= 15 is 0 Å². The Morgan fingerprint density at radius 1 is 1.16 bits per heavy atom. The van der Waals surface area contributed by atoms with Crippen LogP contribution >= 0.6 is 0 Å². The first-order valence-corrected chi connectivity index (χ1v) is 12.4. The molecule has 3 fully saturated rings. The number of nitrogens with one attached hydrogen (secondary N) is 2. The standard InChI is InChI=1S/C24H41N3O5/c1-6-9-10-12-26-21(30)19-24-13-15(4)23(5,32-24)17(20(29)25-11-7-2)18(24)22(31)27(19)16(8-3)14-28/h15-19,28H,6-14H2,1-5H3,(H,25,29)(H,26,30)/t15?,16-,17-,18-,19?,23+,24?/m0/s1.